The topological polar surface area (TPSA) is 80.4 Å². The van der Waals surface area contributed by atoms with Gasteiger partial charge in [0.25, 0.3) is 0 Å². The van der Waals surface area contributed by atoms with Crippen molar-refractivity contribution >= 4 is 16.7 Å². The van der Waals surface area contributed by atoms with Crippen LogP contribution < -0.4 is 11.5 Å². The summed E-state index contributed by atoms with van der Waals surface area (Å²) in [7, 11) is 0. The molecule has 0 bridgehead atoms. The molecule has 5 heteroatoms. The van der Waals surface area contributed by atoms with E-state index in [1.165, 1.54) is 17.1 Å². The number of allylic oxidation sites excluding steroid dienone is 2. The predicted octanol–water partition coefficient (Wildman–Crippen LogP) is 2.22. The largest absolute Gasteiger partial charge is 0.405 e. The molecule has 1 aromatic carbocycles. The van der Waals surface area contributed by atoms with Crippen LogP contribution in [-0.4, -0.2) is 33.3 Å². The zero-order chi connectivity index (χ0) is 17.2. The first-order valence-electron chi connectivity index (χ1n) is 8.38. The molecule has 0 aliphatic carbocycles. The fourth-order valence-corrected chi connectivity index (χ4v) is 3.26. The molecule has 0 spiro atoms. The van der Waals surface area contributed by atoms with Crippen LogP contribution in [0.4, 0.5) is 0 Å². The number of hydrogen-bond acceptors (Lipinski definition) is 4. The Bertz CT molecular complexity index is 763. The van der Waals surface area contributed by atoms with Crippen LogP contribution in [0, 0.1) is 0 Å². The Morgan fingerprint density at radius 1 is 1.29 bits per heavy atom. The molecular formula is C19H26N4O. The van der Waals surface area contributed by atoms with Crippen LogP contribution in [0.15, 0.2) is 48.8 Å². The third kappa shape index (κ3) is 3.47. The Labute approximate surface area is 142 Å². The van der Waals surface area contributed by atoms with E-state index >= 15 is 0 Å². The monoisotopic (exact) mass is 326 g/mol. The van der Waals surface area contributed by atoms with E-state index in [1.807, 2.05) is 17.7 Å². The third-order valence-electron chi connectivity index (χ3n) is 4.81. The number of rotatable bonds is 4. The van der Waals surface area contributed by atoms with Crippen molar-refractivity contribution < 1.29 is 5.11 Å². The van der Waals surface area contributed by atoms with Gasteiger partial charge in [-0.15, -0.1) is 0 Å². The van der Waals surface area contributed by atoms with Crippen molar-refractivity contribution in [1.29, 1.82) is 0 Å². The molecule has 5 N–H and O–H groups in total. The van der Waals surface area contributed by atoms with E-state index in [0.717, 1.165) is 38.0 Å². The molecular weight excluding hydrogens is 300 g/mol. The van der Waals surface area contributed by atoms with E-state index in [1.54, 1.807) is 12.2 Å². The zero-order valence-electron chi connectivity index (χ0n) is 14.2. The number of nitrogens with two attached hydrogens (primary N) is 2. The van der Waals surface area contributed by atoms with E-state index in [9.17, 15) is 5.11 Å². The van der Waals surface area contributed by atoms with Crippen LogP contribution in [0.5, 0.6) is 0 Å². The van der Waals surface area contributed by atoms with Gasteiger partial charge >= 0.3 is 0 Å². The molecule has 0 amide bonds. The molecule has 1 aliphatic heterocycles. The molecule has 2 aromatic rings. The molecule has 1 saturated heterocycles. The smallest absolute Gasteiger partial charge is 0.107 e. The van der Waals surface area contributed by atoms with E-state index in [4.69, 9.17) is 11.5 Å². The summed E-state index contributed by atoms with van der Waals surface area (Å²) in [5, 5.41) is 11.3. The number of benzene rings is 1. The lowest BCUT2D eigenvalue weighted by Crippen LogP contribution is -2.41. The maximum Gasteiger partial charge on any atom is 0.107 e. The number of likely N-dealkylation sites (tertiary alicyclic amines) is 1. The lowest BCUT2D eigenvalue weighted by molar-refractivity contribution is -0.00720. The second-order valence-corrected chi connectivity index (χ2v) is 6.79. The Kier molecular flexibility index (Phi) is 4.64. The van der Waals surface area contributed by atoms with Gasteiger partial charge in [0.2, 0.25) is 0 Å². The maximum absolute atomic E-state index is 10.1. The number of hydrogen-bond donors (Lipinski definition) is 3. The summed E-state index contributed by atoms with van der Waals surface area (Å²) in [6.07, 6.45) is 8.63. The van der Waals surface area contributed by atoms with Gasteiger partial charge in [0.15, 0.2) is 0 Å². The summed E-state index contributed by atoms with van der Waals surface area (Å²) in [6, 6.07) is 8.42. The van der Waals surface area contributed by atoms with Gasteiger partial charge in [-0.2, -0.15) is 0 Å². The highest BCUT2D eigenvalue weighted by molar-refractivity contribution is 5.86. The van der Waals surface area contributed by atoms with Crippen molar-refractivity contribution in [3.8, 4) is 0 Å². The summed E-state index contributed by atoms with van der Waals surface area (Å²) in [5.74, 6) is 0.637. The standard InChI is InChI=1S/C19H26N4O/c1-19(24)8-12-22(13-9-19)14-15-4-2-5-17-16(15)7-11-23(17)18(21)6-3-10-20/h2-7,10-11,24H,8-9,12-14,20-21H2,1H3/b10-3-,18-6+. The van der Waals surface area contributed by atoms with Gasteiger partial charge < -0.3 is 21.1 Å². The minimum absolute atomic E-state index is 0.512. The minimum atomic E-state index is -0.512. The molecule has 0 unspecified atom stereocenters. The first-order valence-corrected chi connectivity index (χ1v) is 8.38. The normalized spacial score (nSPS) is 19.3. The fourth-order valence-electron chi connectivity index (χ4n) is 3.26. The molecule has 3 rings (SSSR count). The van der Waals surface area contributed by atoms with Crippen molar-refractivity contribution in [3.05, 3.63) is 54.4 Å². The second kappa shape index (κ2) is 6.71. The number of fused-ring (bicyclic) bond motifs is 1. The van der Waals surface area contributed by atoms with Gasteiger partial charge in [-0.25, -0.2) is 0 Å². The maximum atomic E-state index is 10.1. The molecule has 1 aromatic heterocycles. The Morgan fingerprint density at radius 2 is 2.04 bits per heavy atom. The van der Waals surface area contributed by atoms with Gasteiger partial charge in [-0.1, -0.05) is 12.1 Å². The first-order chi connectivity index (χ1) is 11.5. The third-order valence-corrected chi connectivity index (χ3v) is 4.81. The summed E-state index contributed by atoms with van der Waals surface area (Å²) in [5.41, 5.74) is 13.4. The average molecular weight is 326 g/mol. The molecule has 0 saturated carbocycles. The number of aromatic nitrogens is 1. The fraction of sp³-hybridized carbons (Fsp3) is 0.368. The van der Waals surface area contributed by atoms with Crippen LogP contribution >= 0.6 is 0 Å². The van der Waals surface area contributed by atoms with Crippen LogP contribution in [0.2, 0.25) is 0 Å². The first kappa shape index (κ1) is 16.6. The van der Waals surface area contributed by atoms with Crippen molar-refractivity contribution in [2.24, 2.45) is 11.5 Å². The van der Waals surface area contributed by atoms with Crippen LogP contribution in [0.25, 0.3) is 16.7 Å². The van der Waals surface area contributed by atoms with E-state index in [2.05, 4.69) is 29.2 Å². The van der Waals surface area contributed by atoms with Crippen molar-refractivity contribution in [3.63, 3.8) is 0 Å². The van der Waals surface area contributed by atoms with Crippen molar-refractivity contribution in [2.75, 3.05) is 13.1 Å². The molecule has 5 nitrogen and oxygen atoms in total. The van der Waals surface area contributed by atoms with Gasteiger partial charge in [-0.3, -0.25) is 4.90 Å². The summed E-state index contributed by atoms with van der Waals surface area (Å²) >= 11 is 0. The van der Waals surface area contributed by atoms with Gasteiger partial charge in [0.1, 0.15) is 5.82 Å². The molecule has 0 radical (unpaired) electrons. The summed E-state index contributed by atoms with van der Waals surface area (Å²) in [6.45, 7) is 4.67. The van der Waals surface area contributed by atoms with Gasteiger partial charge in [0, 0.05) is 31.2 Å². The highest BCUT2D eigenvalue weighted by Crippen LogP contribution is 2.26. The quantitative estimate of drug-likeness (QED) is 0.753. The lowest BCUT2D eigenvalue weighted by Gasteiger charge is -2.35. The average Bonchev–Trinajstić information content (AvgIpc) is 3.00. The Hall–Kier alpha value is -2.24. The number of aliphatic hydroxyl groups is 1. The molecule has 1 aliphatic rings. The van der Waals surface area contributed by atoms with E-state index in [-0.39, 0.29) is 0 Å². The van der Waals surface area contributed by atoms with Crippen LogP contribution in [0.1, 0.15) is 25.3 Å². The van der Waals surface area contributed by atoms with E-state index in [0.29, 0.717) is 5.82 Å². The molecule has 24 heavy (non-hydrogen) atoms. The highest BCUT2D eigenvalue weighted by atomic mass is 16.3. The van der Waals surface area contributed by atoms with E-state index < -0.39 is 5.60 Å². The lowest BCUT2D eigenvalue weighted by atomic mass is 9.93. The highest BCUT2D eigenvalue weighted by Gasteiger charge is 2.27. The summed E-state index contributed by atoms with van der Waals surface area (Å²) in [4.78, 5) is 2.40. The zero-order valence-corrected chi connectivity index (χ0v) is 14.2. The SMILES string of the molecule is CC1(O)CCN(Cc2cccc3c2ccn3/C(N)=C/C=C\N)CC1. The Balaban J connectivity index is 1.84. The molecule has 2 heterocycles. The minimum Gasteiger partial charge on any atom is -0.405 e. The van der Waals surface area contributed by atoms with Crippen LogP contribution in [0.3, 0.4) is 0 Å². The second-order valence-electron chi connectivity index (χ2n) is 6.79. The predicted molar refractivity (Wildman–Crippen MR) is 98.9 cm³/mol. The number of nitrogens with zero attached hydrogens (tertiary/aromatic N) is 2. The Morgan fingerprint density at radius 3 is 2.75 bits per heavy atom. The van der Waals surface area contributed by atoms with Gasteiger partial charge in [0.05, 0.1) is 11.1 Å². The molecule has 128 valence electrons. The van der Waals surface area contributed by atoms with Crippen LogP contribution in [-0.2, 0) is 6.54 Å². The van der Waals surface area contributed by atoms with Crippen molar-refractivity contribution in [2.45, 2.75) is 31.9 Å². The molecule has 0 atom stereocenters. The summed E-state index contributed by atoms with van der Waals surface area (Å²) < 4.78 is 1.97. The van der Waals surface area contributed by atoms with Crippen molar-refractivity contribution in [1.82, 2.24) is 9.47 Å². The molecule has 1 fully saturated rings. The van der Waals surface area contributed by atoms with Gasteiger partial charge in [-0.05, 0) is 55.8 Å². The number of piperidine rings is 1.